The van der Waals surface area contributed by atoms with Gasteiger partial charge in [0.2, 0.25) is 0 Å². The Morgan fingerprint density at radius 3 is 1.44 bits per heavy atom. The van der Waals surface area contributed by atoms with Crippen molar-refractivity contribution in [2.45, 2.75) is 80.1 Å². The summed E-state index contributed by atoms with van der Waals surface area (Å²) in [7, 11) is 0. The van der Waals surface area contributed by atoms with Crippen molar-refractivity contribution in [3.8, 4) is 0 Å². The van der Waals surface area contributed by atoms with Crippen LogP contribution in [0.1, 0.15) is 80.1 Å². The number of fused-ring (bicyclic) bond motifs is 3. The lowest BCUT2D eigenvalue weighted by molar-refractivity contribution is -0.152. The number of Topliss-reactive ketones (excluding diaryl/α,β-unsaturated/α-hetero) is 1. The minimum atomic E-state index is -0.168. The molecule has 0 aromatic carbocycles. The third kappa shape index (κ3) is 1.94. The quantitative estimate of drug-likeness (QED) is 0.641. The zero-order valence-electron chi connectivity index (χ0n) is 13.2. The van der Waals surface area contributed by atoms with Crippen LogP contribution in [0.15, 0.2) is 0 Å². The SMILES string of the molecule is CC(C)(C)C(=O)C12CCC(C(C)(C)C)(CC1)CC2. The number of rotatable bonds is 1. The van der Waals surface area contributed by atoms with E-state index in [1.165, 1.54) is 19.3 Å². The van der Waals surface area contributed by atoms with Crippen LogP contribution in [0.3, 0.4) is 0 Å². The van der Waals surface area contributed by atoms with Crippen LogP contribution in [0.2, 0.25) is 0 Å². The maximum Gasteiger partial charge on any atom is 0.144 e. The largest absolute Gasteiger partial charge is 0.298 e. The van der Waals surface area contributed by atoms with Crippen LogP contribution in [0.5, 0.6) is 0 Å². The van der Waals surface area contributed by atoms with Gasteiger partial charge < -0.3 is 0 Å². The molecule has 0 aromatic rings. The van der Waals surface area contributed by atoms with Gasteiger partial charge in [-0.15, -0.1) is 0 Å². The summed E-state index contributed by atoms with van der Waals surface area (Å²) in [6, 6.07) is 0. The predicted octanol–water partition coefficient (Wildman–Crippen LogP) is 4.99. The minimum absolute atomic E-state index is 0.0330. The van der Waals surface area contributed by atoms with Crippen molar-refractivity contribution >= 4 is 5.78 Å². The Morgan fingerprint density at radius 1 is 0.778 bits per heavy atom. The van der Waals surface area contributed by atoms with E-state index in [0.29, 0.717) is 16.6 Å². The van der Waals surface area contributed by atoms with Crippen LogP contribution < -0.4 is 0 Å². The molecule has 3 fully saturated rings. The van der Waals surface area contributed by atoms with Crippen LogP contribution in [0.4, 0.5) is 0 Å². The molecule has 3 saturated carbocycles. The van der Waals surface area contributed by atoms with Crippen LogP contribution in [-0.4, -0.2) is 5.78 Å². The van der Waals surface area contributed by atoms with E-state index in [4.69, 9.17) is 0 Å². The van der Waals surface area contributed by atoms with Crippen LogP contribution in [0, 0.1) is 21.7 Å². The Hall–Kier alpha value is -0.330. The molecule has 0 heterocycles. The van der Waals surface area contributed by atoms with E-state index in [0.717, 1.165) is 19.3 Å². The molecule has 0 radical (unpaired) electrons. The molecule has 3 rings (SSSR count). The molecule has 0 aliphatic heterocycles. The van der Waals surface area contributed by atoms with Crippen LogP contribution in [0.25, 0.3) is 0 Å². The van der Waals surface area contributed by atoms with Crippen LogP contribution >= 0.6 is 0 Å². The zero-order chi connectivity index (χ0) is 13.8. The summed E-state index contributed by atoms with van der Waals surface area (Å²) >= 11 is 0. The number of ketones is 1. The maximum atomic E-state index is 12.8. The second-order valence-corrected chi connectivity index (χ2v) is 8.89. The monoisotopic (exact) mass is 250 g/mol. The standard InChI is InChI=1S/C17H30O/c1-14(2,3)13(18)16-7-10-17(11-8-16,12-9-16)15(4,5)6/h7-12H2,1-6H3. The smallest absolute Gasteiger partial charge is 0.144 e. The van der Waals surface area contributed by atoms with E-state index in [-0.39, 0.29) is 10.8 Å². The lowest BCUT2D eigenvalue weighted by Gasteiger charge is -2.59. The third-order valence-electron chi connectivity index (χ3n) is 6.00. The Bertz CT molecular complexity index is 326. The van der Waals surface area contributed by atoms with Crippen LogP contribution in [-0.2, 0) is 4.79 Å². The van der Waals surface area contributed by atoms with E-state index in [1.807, 2.05) is 0 Å². The lowest BCUT2D eigenvalue weighted by Crippen LogP contribution is -2.53. The van der Waals surface area contributed by atoms with Crippen molar-refractivity contribution < 1.29 is 4.79 Å². The number of hydrogen-bond acceptors (Lipinski definition) is 1. The van der Waals surface area contributed by atoms with Gasteiger partial charge in [-0.3, -0.25) is 4.79 Å². The molecule has 0 amide bonds. The van der Waals surface area contributed by atoms with Gasteiger partial charge in [-0.1, -0.05) is 41.5 Å². The number of carbonyl (C=O) groups excluding carboxylic acids is 1. The van der Waals surface area contributed by atoms with Gasteiger partial charge in [0.25, 0.3) is 0 Å². The Balaban J connectivity index is 2.21. The van der Waals surface area contributed by atoms with Crippen molar-refractivity contribution in [2.75, 3.05) is 0 Å². The molecule has 0 N–H and O–H groups in total. The fraction of sp³-hybridized carbons (Fsp3) is 0.941. The van der Waals surface area contributed by atoms with Gasteiger partial charge in [0, 0.05) is 10.8 Å². The molecule has 0 aromatic heterocycles. The topological polar surface area (TPSA) is 17.1 Å². The molecule has 0 spiro atoms. The lowest BCUT2D eigenvalue weighted by atomic mass is 9.45. The van der Waals surface area contributed by atoms with Crippen molar-refractivity contribution in [3.63, 3.8) is 0 Å². The van der Waals surface area contributed by atoms with Gasteiger partial charge in [-0.2, -0.15) is 0 Å². The molecule has 0 unspecified atom stereocenters. The van der Waals surface area contributed by atoms with Gasteiger partial charge in [-0.25, -0.2) is 0 Å². The summed E-state index contributed by atoms with van der Waals surface area (Å²) in [5, 5.41) is 0. The minimum Gasteiger partial charge on any atom is -0.298 e. The Labute approximate surface area is 113 Å². The first-order valence-corrected chi connectivity index (χ1v) is 7.58. The molecule has 0 saturated heterocycles. The molecule has 3 aliphatic rings. The van der Waals surface area contributed by atoms with Gasteiger partial charge in [-0.05, 0) is 49.4 Å². The summed E-state index contributed by atoms with van der Waals surface area (Å²) in [5.74, 6) is 0.525. The molecule has 0 atom stereocenters. The Morgan fingerprint density at radius 2 is 1.17 bits per heavy atom. The van der Waals surface area contributed by atoms with E-state index in [2.05, 4.69) is 41.5 Å². The highest BCUT2D eigenvalue weighted by Crippen LogP contribution is 2.64. The zero-order valence-corrected chi connectivity index (χ0v) is 13.2. The molecule has 1 heteroatoms. The fourth-order valence-corrected chi connectivity index (χ4v) is 4.45. The van der Waals surface area contributed by atoms with E-state index < -0.39 is 0 Å². The molecular formula is C17H30O. The van der Waals surface area contributed by atoms with E-state index >= 15 is 0 Å². The molecular weight excluding hydrogens is 220 g/mol. The van der Waals surface area contributed by atoms with Gasteiger partial charge in [0.05, 0.1) is 0 Å². The predicted molar refractivity (Wildman–Crippen MR) is 76.5 cm³/mol. The van der Waals surface area contributed by atoms with E-state index in [9.17, 15) is 4.79 Å². The maximum absolute atomic E-state index is 12.8. The summed E-state index contributed by atoms with van der Waals surface area (Å²) < 4.78 is 0. The fourth-order valence-electron chi connectivity index (χ4n) is 4.45. The number of carbonyl (C=O) groups is 1. The second-order valence-electron chi connectivity index (χ2n) is 8.89. The highest BCUT2D eigenvalue weighted by atomic mass is 16.1. The van der Waals surface area contributed by atoms with Crippen molar-refractivity contribution in [1.82, 2.24) is 0 Å². The molecule has 18 heavy (non-hydrogen) atoms. The summed E-state index contributed by atoms with van der Waals surface area (Å²) in [6.07, 6.45) is 7.20. The Kier molecular flexibility index (Phi) is 3.00. The molecule has 2 bridgehead atoms. The summed E-state index contributed by atoms with van der Waals surface area (Å²) in [6.45, 7) is 13.4. The first-order chi connectivity index (χ1) is 8.03. The van der Waals surface area contributed by atoms with Crippen molar-refractivity contribution in [1.29, 1.82) is 0 Å². The third-order valence-corrected chi connectivity index (χ3v) is 6.00. The molecule has 1 nitrogen and oxygen atoms in total. The first kappa shape index (κ1) is 14.1. The summed E-state index contributed by atoms with van der Waals surface area (Å²) in [5.41, 5.74) is 0.765. The van der Waals surface area contributed by atoms with E-state index in [1.54, 1.807) is 0 Å². The summed E-state index contributed by atoms with van der Waals surface area (Å²) in [4.78, 5) is 12.8. The highest BCUT2D eigenvalue weighted by Gasteiger charge is 2.57. The van der Waals surface area contributed by atoms with Crippen molar-refractivity contribution in [2.24, 2.45) is 21.7 Å². The van der Waals surface area contributed by atoms with Gasteiger partial charge >= 0.3 is 0 Å². The van der Waals surface area contributed by atoms with Gasteiger partial charge in [0.15, 0.2) is 0 Å². The number of hydrogen-bond donors (Lipinski definition) is 0. The second kappa shape index (κ2) is 3.84. The molecule has 104 valence electrons. The molecule has 3 aliphatic carbocycles. The normalized spacial score (nSPS) is 36.8. The van der Waals surface area contributed by atoms with Gasteiger partial charge in [0.1, 0.15) is 5.78 Å². The first-order valence-electron chi connectivity index (χ1n) is 7.58. The highest BCUT2D eigenvalue weighted by molar-refractivity contribution is 5.89. The van der Waals surface area contributed by atoms with Crippen molar-refractivity contribution in [3.05, 3.63) is 0 Å². The average molecular weight is 250 g/mol. The average Bonchev–Trinajstić information content (AvgIpc) is 2.28.